The Bertz CT molecular complexity index is 376. The Balaban J connectivity index is 1.81. The number of benzene rings is 1. The number of nitrogens with two attached hydrogens (primary N) is 1. The van der Waals surface area contributed by atoms with Crippen LogP contribution in [0.5, 0.6) is 0 Å². The summed E-state index contributed by atoms with van der Waals surface area (Å²) in [5.74, 6) is 0.125. The Kier molecular flexibility index (Phi) is 3.79. The molecule has 0 saturated heterocycles. The maximum atomic E-state index is 11.7. The van der Waals surface area contributed by atoms with E-state index in [1.165, 1.54) is 11.1 Å². The first-order chi connectivity index (χ1) is 8.15. The first kappa shape index (κ1) is 12.1. The minimum atomic E-state index is 0.0986. The van der Waals surface area contributed by atoms with Gasteiger partial charge in [0.15, 0.2) is 0 Å². The highest BCUT2D eigenvalue weighted by Gasteiger charge is 2.22. The molecule has 0 spiro atoms. The van der Waals surface area contributed by atoms with E-state index in [1.54, 1.807) is 0 Å². The van der Waals surface area contributed by atoms with Crippen molar-refractivity contribution >= 4 is 5.91 Å². The first-order valence-electron chi connectivity index (χ1n) is 6.27. The van der Waals surface area contributed by atoms with Crippen molar-refractivity contribution < 1.29 is 4.79 Å². The molecule has 1 amide bonds. The Morgan fingerprint density at radius 2 is 2.00 bits per heavy atom. The number of carbonyl (C=O) groups is 1. The van der Waals surface area contributed by atoms with Crippen LogP contribution in [0.25, 0.3) is 0 Å². The normalized spacial score (nSPS) is 16.6. The minimum Gasteiger partial charge on any atom is -0.353 e. The van der Waals surface area contributed by atoms with Crippen molar-refractivity contribution in [3.63, 3.8) is 0 Å². The zero-order valence-electron chi connectivity index (χ0n) is 10.3. The largest absolute Gasteiger partial charge is 0.353 e. The molecule has 1 aliphatic carbocycles. The average molecular weight is 232 g/mol. The Labute approximate surface area is 102 Å². The van der Waals surface area contributed by atoms with Gasteiger partial charge in [0.25, 0.3) is 0 Å². The third-order valence-corrected chi connectivity index (χ3v) is 3.24. The third-order valence-electron chi connectivity index (χ3n) is 3.24. The second-order valence-corrected chi connectivity index (χ2v) is 4.96. The lowest BCUT2D eigenvalue weighted by Gasteiger charge is -2.12. The Hall–Kier alpha value is -1.35. The zero-order chi connectivity index (χ0) is 12.3. The standard InChI is InChI=1S/C14H20N2O/c1-10(15)6-7-14(17)16-13-8-11-4-2-3-5-12(11)9-13/h2-5,10,13H,6-9,15H2,1H3,(H,16,17). The molecule has 0 radical (unpaired) electrons. The lowest BCUT2D eigenvalue weighted by Crippen LogP contribution is -2.35. The summed E-state index contributed by atoms with van der Waals surface area (Å²) in [6.07, 6.45) is 3.20. The average Bonchev–Trinajstić information content (AvgIpc) is 2.68. The molecule has 1 unspecified atom stereocenters. The molecular formula is C14H20N2O. The van der Waals surface area contributed by atoms with Crippen LogP contribution >= 0.6 is 0 Å². The number of hydrogen-bond acceptors (Lipinski definition) is 2. The van der Waals surface area contributed by atoms with E-state index in [0.717, 1.165) is 19.3 Å². The highest BCUT2D eigenvalue weighted by molar-refractivity contribution is 5.76. The van der Waals surface area contributed by atoms with Gasteiger partial charge in [-0.15, -0.1) is 0 Å². The van der Waals surface area contributed by atoms with Crippen molar-refractivity contribution in [3.05, 3.63) is 35.4 Å². The fourth-order valence-electron chi connectivity index (χ4n) is 2.32. The molecule has 1 atom stereocenters. The van der Waals surface area contributed by atoms with Gasteiger partial charge >= 0.3 is 0 Å². The van der Waals surface area contributed by atoms with Crippen LogP contribution in [0, 0.1) is 0 Å². The molecule has 0 fully saturated rings. The molecule has 0 aromatic heterocycles. The summed E-state index contributed by atoms with van der Waals surface area (Å²) < 4.78 is 0. The van der Waals surface area contributed by atoms with Gasteiger partial charge in [0.1, 0.15) is 0 Å². The fraction of sp³-hybridized carbons (Fsp3) is 0.500. The predicted molar refractivity (Wildman–Crippen MR) is 68.7 cm³/mol. The van der Waals surface area contributed by atoms with Crippen molar-refractivity contribution in [1.29, 1.82) is 0 Å². The van der Waals surface area contributed by atoms with E-state index < -0.39 is 0 Å². The van der Waals surface area contributed by atoms with Gasteiger partial charge in [-0.05, 0) is 37.3 Å². The van der Waals surface area contributed by atoms with Crippen LogP contribution in [0.1, 0.15) is 30.9 Å². The van der Waals surface area contributed by atoms with Gasteiger partial charge in [-0.2, -0.15) is 0 Å². The number of hydrogen-bond donors (Lipinski definition) is 2. The molecule has 0 saturated carbocycles. The minimum absolute atomic E-state index is 0.0986. The van der Waals surface area contributed by atoms with Crippen LogP contribution in [0.2, 0.25) is 0 Å². The lowest BCUT2D eigenvalue weighted by atomic mass is 10.1. The number of nitrogens with one attached hydrogen (secondary N) is 1. The molecule has 1 aliphatic rings. The van der Waals surface area contributed by atoms with E-state index >= 15 is 0 Å². The van der Waals surface area contributed by atoms with Crippen molar-refractivity contribution in [2.75, 3.05) is 0 Å². The first-order valence-corrected chi connectivity index (χ1v) is 6.27. The number of amides is 1. The second-order valence-electron chi connectivity index (χ2n) is 4.96. The van der Waals surface area contributed by atoms with E-state index in [9.17, 15) is 4.79 Å². The van der Waals surface area contributed by atoms with Gasteiger partial charge < -0.3 is 11.1 Å². The van der Waals surface area contributed by atoms with E-state index in [0.29, 0.717) is 6.42 Å². The van der Waals surface area contributed by atoms with Crippen LogP contribution in [0.4, 0.5) is 0 Å². The molecule has 2 rings (SSSR count). The SMILES string of the molecule is CC(N)CCC(=O)NC1Cc2ccccc2C1. The molecule has 1 aromatic carbocycles. The zero-order valence-corrected chi connectivity index (χ0v) is 10.3. The van der Waals surface area contributed by atoms with Crippen molar-refractivity contribution in [1.82, 2.24) is 5.32 Å². The molecule has 0 aliphatic heterocycles. The summed E-state index contributed by atoms with van der Waals surface area (Å²) in [5, 5.41) is 3.09. The lowest BCUT2D eigenvalue weighted by molar-refractivity contribution is -0.121. The van der Waals surface area contributed by atoms with Crippen molar-refractivity contribution in [2.24, 2.45) is 5.73 Å². The summed E-state index contributed by atoms with van der Waals surface area (Å²) in [6, 6.07) is 8.76. The molecular weight excluding hydrogens is 212 g/mol. The van der Waals surface area contributed by atoms with Crippen molar-refractivity contribution in [2.45, 2.75) is 44.7 Å². The van der Waals surface area contributed by atoms with Gasteiger partial charge in [-0.3, -0.25) is 4.79 Å². The monoisotopic (exact) mass is 232 g/mol. The summed E-state index contributed by atoms with van der Waals surface area (Å²) in [5.41, 5.74) is 8.37. The number of fused-ring (bicyclic) bond motifs is 1. The van der Waals surface area contributed by atoms with Crippen LogP contribution in [0.3, 0.4) is 0 Å². The summed E-state index contributed by atoms with van der Waals surface area (Å²) in [6.45, 7) is 1.93. The maximum absolute atomic E-state index is 11.7. The van der Waals surface area contributed by atoms with Gasteiger partial charge in [-0.1, -0.05) is 24.3 Å². The van der Waals surface area contributed by atoms with Gasteiger partial charge in [0, 0.05) is 18.5 Å². The van der Waals surface area contributed by atoms with Crippen LogP contribution < -0.4 is 11.1 Å². The number of carbonyl (C=O) groups excluding carboxylic acids is 1. The van der Waals surface area contributed by atoms with Crippen LogP contribution in [-0.4, -0.2) is 18.0 Å². The molecule has 0 bridgehead atoms. The Morgan fingerprint density at radius 3 is 2.53 bits per heavy atom. The van der Waals surface area contributed by atoms with Gasteiger partial charge in [0.2, 0.25) is 5.91 Å². The predicted octanol–water partition coefficient (Wildman–Crippen LogP) is 1.40. The molecule has 17 heavy (non-hydrogen) atoms. The second kappa shape index (κ2) is 5.32. The fourth-order valence-corrected chi connectivity index (χ4v) is 2.32. The smallest absolute Gasteiger partial charge is 0.220 e. The molecule has 3 N–H and O–H groups in total. The highest BCUT2D eigenvalue weighted by atomic mass is 16.1. The molecule has 3 heteroatoms. The van der Waals surface area contributed by atoms with E-state index in [4.69, 9.17) is 5.73 Å². The van der Waals surface area contributed by atoms with E-state index in [1.807, 2.05) is 6.92 Å². The van der Waals surface area contributed by atoms with E-state index in [2.05, 4.69) is 29.6 Å². The Morgan fingerprint density at radius 1 is 1.41 bits per heavy atom. The molecule has 0 heterocycles. The quantitative estimate of drug-likeness (QED) is 0.824. The summed E-state index contributed by atoms with van der Waals surface area (Å²) >= 11 is 0. The van der Waals surface area contributed by atoms with E-state index in [-0.39, 0.29) is 18.0 Å². The van der Waals surface area contributed by atoms with Gasteiger partial charge in [-0.25, -0.2) is 0 Å². The maximum Gasteiger partial charge on any atom is 0.220 e. The summed E-state index contributed by atoms with van der Waals surface area (Å²) in [7, 11) is 0. The summed E-state index contributed by atoms with van der Waals surface area (Å²) in [4.78, 5) is 11.7. The molecule has 1 aromatic rings. The number of rotatable bonds is 4. The van der Waals surface area contributed by atoms with Crippen LogP contribution in [0.15, 0.2) is 24.3 Å². The van der Waals surface area contributed by atoms with Gasteiger partial charge in [0.05, 0.1) is 0 Å². The highest BCUT2D eigenvalue weighted by Crippen LogP contribution is 2.21. The topological polar surface area (TPSA) is 55.1 Å². The van der Waals surface area contributed by atoms with Crippen molar-refractivity contribution in [3.8, 4) is 0 Å². The molecule has 3 nitrogen and oxygen atoms in total. The van der Waals surface area contributed by atoms with Crippen LogP contribution in [-0.2, 0) is 17.6 Å². The third kappa shape index (κ3) is 3.30. The molecule has 92 valence electrons.